The van der Waals surface area contributed by atoms with Crippen molar-refractivity contribution in [2.45, 2.75) is 12.5 Å². The average molecular weight is 230 g/mol. The van der Waals surface area contributed by atoms with Gasteiger partial charge in [-0.1, -0.05) is 23.7 Å². The van der Waals surface area contributed by atoms with Gasteiger partial charge in [0.15, 0.2) is 0 Å². The second kappa shape index (κ2) is 4.06. The van der Waals surface area contributed by atoms with Crippen LogP contribution < -0.4 is 5.32 Å². The molecule has 0 spiro atoms. The van der Waals surface area contributed by atoms with Gasteiger partial charge in [0.05, 0.1) is 17.7 Å². The first-order valence-corrected chi connectivity index (χ1v) is 4.93. The predicted octanol–water partition coefficient (Wildman–Crippen LogP) is 2.65. The summed E-state index contributed by atoms with van der Waals surface area (Å²) in [5, 5.41) is 2.65. The number of halogens is 2. The maximum Gasteiger partial charge on any atom is 0.407 e. The van der Waals surface area contributed by atoms with E-state index < -0.39 is 11.9 Å². The van der Waals surface area contributed by atoms with Crippen molar-refractivity contribution in [2.24, 2.45) is 0 Å². The molecule has 1 aliphatic heterocycles. The van der Waals surface area contributed by atoms with Gasteiger partial charge in [-0.3, -0.25) is 0 Å². The first-order chi connectivity index (χ1) is 7.18. The number of nitrogens with one attached hydrogen (secondary N) is 1. The molecule has 80 valence electrons. The molecule has 1 amide bonds. The zero-order valence-electron chi connectivity index (χ0n) is 7.80. The Bertz CT molecular complexity index is 397. The zero-order valence-corrected chi connectivity index (χ0v) is 8.55. The number of carbonyl (C=O) groups is 1. The second-order valence-corrected chi connectivity index (χ2v) is 3.64. The SMILES string of the molecule is O=C1N[C@@H](c2cccc(F)c2Cl)CCO1. The van der Waals surface area contributed by atoms with Crippen LogP contribution >= 0.6 is 11.6 Å². The molecule has 1 saturated heterocycles. The molecular formula is C10H9ClFNO2. The molecule has 1 aromatic carbocycles. The molecule has 0 aromatic heterocycles. The van der Waals surface area contributed by atoms with E-state index in [9.17, 15) is 9.18 Å². The lowest BCUT2D eigenvalue weighted by Gasteiger charge is -2.24. The number of alkyl carbamates (subject to hydrolysis) is 1. The molecule has 3 nitrogen and oxygen atoms in total. The minimum atomic E-state index is -0.494. The summed E-state index contributed by atoms with van der Waals surface area (Å²) in [6.07, 6.45) is 0.0983. The number of carbonyl (C=O) groups excluding carboxylic acids is 1. The summed E-state index contributed by atoms with van der Waals surface area (Å²) < 4.78 is 17.9. The molecule has 1 fully saturated rings. The molecule has 0 unspecified atom stereocenters. The summed E-state index contributed by atoms with van der Waals surface area (Å²) in [7, 11) is 0. The first-order valence-electron chi connectivity index (χ1n) is 4.55. The molecule has 0 radical (unpaired) electrons. The summed E-state index contributed by atoms with van der Waals surface area (Å²) >= 11 is 5.81. The van der Waals surface area contributed by atoms with Gasteiger partial charge in [0.2, 0.25) is 0 Å². The van der Waals surface area contributed by atoms with Crippen molar-refractivity contribution in [1.82, 2.24) is 5.32 Å². The molecule has 0 aliphatic carbocycles. The van der Waals surface area contributed by atoms with Crippen LogP contribution in [-0.2, 0) is 4.74 Å². The van der Waals surface area contributed by atoms with E-state index in [4.69, 9.17) is 16.3 Å². The van der Waals surface area contributed by atoms with E-state index in [2.05, 4.69) is 5.32 Å². The van der Waals surface area contributed by atoms with Crippen LogP contribution in [0.1, 0.15) is 18.0 Å². The fourth-order valence-corrected chi connectivity index (χ4v) is 1.81. The third-order valence-electron chi connectivity index (χ3n) is 2.29. The highest BCUT2D eigenvalue weighted by Gasteiger charge is 2.23. The number of amides is 1. The zero-order chi connectivity index (χ0) is 10.8. The second-order valence-electron chi connectivity index (χ2n) is 3.26. The molecule has 2 rings (SSSR count). The van der Waals surface area contributed by atoms with Gasteiger partial charge in [-0.15, -0.1) is 0 Å². The smallest absolute Gasteiger partial charge is 0.407 e. The summed E-state index contributed by atoms with van der Waals surface area (Å²) in [6, 6.07) is 4.28. The van der Waals surface area contributed by atoms with Crippen LogP contribution in [0, 0.1) is 5.82 Å². The number of benzene rings is 1. The molecule has 1 N–H and O–H groups in total. The van der Waals surface area contributed by atoms with Crippen molar-refractivity contribution < 1.29 is 13.9 Å². The molecule has 1 aromatic rings. The van der Waals surface area contributed by atoms with Gasteiger partial charge in [-0.2, -0.15) is 0 Å². The van der Waals surface area contributed by atoms with Crippen LogP contribution in [0.4, 0.5) is 9.18 Å². The van der Waals surface area contributed by atoms with Crippen LogP contribution in [0.2, 0.25) is 5.02 Å². The summed E-state index contributed by atoms with van der Waals surface area (Å²) in [6.45, 7) is 0.323. The van der Waals surface area contributed by atoms with Crippen molar-refractivity contribution in [3.8, 4) is 0 Å². The Labute approximate surface area is 91.2 Å². The van der Waals surface area contributed by atoms with Gasteiger partial charge in [-0.05, 0) is 11.6 Å². The molecule has 15 heavy (non-hydrogen) atoms. The van der Waals surface area contributed by atoms with Crippen molar-refractivity contribution in [1.29, 1.82) is 0 Å². The number of rotatable bonds is 1. The number of ether oxygens (including phenoxy) is 1. The van der Waals surface area contributed by atoms with Gasteiger partial charge in [0, 0.05) is 6.42 Å². The Morgan fingerprint density at radius 1 is 1.53 bits per heavy atom. The molecule has 0 saturated carbocycles. The van der Waals surface area contributed by atoms with E-state index >= 15 is 0 Å². The Morgan fingerprint density at radius 3 is 3.07 bits per heavy atom. The number of cyclic esters (lactones) is 1. The van der Waals surface area contributed by atoms with E-state index in [0.29, 0.717) is 18.6 Å². The first kappa shape index (κ1) is 10.2. The van der Waals surface area contributed by atoms with Gasteiger partial charge in [-0.25, -0.2) is 9.18 Å². The Balaban J connectivity index is 2.28. The van der Waals surface area contributed by atoms with E-state index in [1.165, 1.54) is 6.07 Å². The third kappa shape index (κ3) is 2.04. The maximum atomic E-state index is 13.2. The van der Waals surface area contributed by atoms with E-state index in [-0.39, 0.29) is 11.1 Å². The molecule has 1 aliphatic rings. The number of hydrogen-bond acceptors (Lipinski definition) is 2. The summed E-state index contributed by atoms with van der Waals surface area (Å²) in [4.78, 5) is 11.0. The normalized spacial score (nSPS) is 20.7. The van der Waals surface area contributed by atoms with Crippen molar-refractivity contribution in [2.75, 3.05) is 6.61 Å². The molecule has 5 heteroatoms. The maximum absolute atomic E-state index is 13.2. The highest BCUT2D eigenvalue weighted by atomic mass is 35.5. The quantitative estimate of drug-likeness (QED) is 0.804. The van der Waals surface area contributed by atoms with Crippen molar-refractivity contribution in [3.05, 3.63) is 34.6 Å². The van der Waals surface area contributed by atoms with Crippen LogP contribution in [0.5, 0.6) is 0 Å². The predicted molar refractivity (Wildman–Crippen MR) is 53.3 cm³/mol. The van der Waals surface area contributed by atoms with Gasteiger partial charge in [0.1, 0.15) is 5.82 Å². The summed E-state index contributed by atoms with van der Waals surface area (Å²) in [5.74, 6) is -0.477. The van der Waals surface area contributed by atoms with Crippen LogP contribution in [0.25, 0.3) is 0 Å². The highest BCUT2D eigenvalue weighted by Crippen LogP contribution is 2.28. The molecule has 1 atom stereocenters. The van der Waals surface area contributed by atoms with E-state index in [0.717, 1.165) is 0 Å². The van der Waals surface area contributed by atoms with E-state index in [1.54, 1.807) is 12.1 Å². The fraction of sp³-hybridized carbons (Fsp3) is 0.300. The van der Waals surface area contributed by atoms with Crippen LogP contribution in [-0.4, -0.2) is 12.7 Å². The minimum Gasteiger partial charge on any atom is -0.449 e. The Morgan fingerprint density at radius 2 is 2.33 bits per heavy atom. The minimum absolute atomic E-state index is 0.0599. The fourth-order valence-electron chi connectivity index (χ4n) is 1.55. The Kier molecular flexibility index (Phi) is 2.77. The van der Waals surface area contributed by atoms with Crippen LogP contribution in [0.15, 0.2) is 18.2 Å². The lowest BCUT2D eigenvalue weighted by Crippen LogP contribution is -2.35. The largest absolute Gasteiger partial charge is 0.449 e. The molecule has 0 bridgehead atoms. The van der Waals surface area contributed by atoms with Gasteiger partial charge >= 0.3 is 6.09 Å². The number of hydrogen-bond donors (Lipinski definition) is 1. The lowest BCUT2D eigenvalue weighted by atomic mass is 10.0. The van der Waals surface area contributed by atoms with E-state index in [1.807, 2.05) is 0 Å². The van der Waals surface area contributed by atoms with Gasteiger partial charge < -0.3 is 10.1 Å². The third-order valence-corrected chi connectivity index (χ3v) is 2.69. The summed E-state index contributed by atoms with van der Waals surface area (Å²) in [5.41, 5.74) is 0.591. The lowest BCUT2D eigenvalue weighted by molar-refractivity contribution is 0.115. The highest BCUT2D eigenvalue weighted by molar-refractivity contribution is 6.31. The monoisotopic (exact) mass is 229 g/mol. The average Bonchev–Trinajstić information content (AvgIpc) is 2.22. The van der Waals surface area contributed by atoms with Gasteiger partial charge in [0.25, 0.3) is 0 Å². The van der Waals surface area contributed by atoms with Crippen molar-refractivity contribution >= 4 is 17.7 Å². The standard InChI is InChI=1S/C10H9ClFNO2/c11-9-6(2-1-3-7(9)12)8-4-5-15-10(14)13-8/h1-3,8H,4-5H2,(H,13,14)/t8-/m1/s1. The Hall–Kier alpha value is -1.29. The van der Waals surface area contributed by atoms with Crippen molar-refractivity contribution in [3.63, 3.8) is 0 Å². The van der Waals surface area contributed by atoms with Crippen LogP contribution in [0.3, 0.4) is 0 Å². The molecule has 1 heterocycles. The molecular weight excluding hydrogens is 221 g/mol. The topological polar surface area (TPSA) is 38.3 Å².